The fourth-order valence-electron chi connectivity index (χ4n) is 3.19. The van der Waals surface area contributed by atoms with E-state index in [0.717, 1.165) is 25.9 Å². The van der Waals surface area contributed by atoms with E-state index in [1.807, 2.05) is 17.8 Å². The van der Waals surface area contributed by atoms with Gasteiger partial charge < -0.3 is 10.0 Å². The first-order valence-electron chi connectivity index (χ1n) is 6.42. The normalized spacial score (nSPS) is 30.4. The average Bonchev–Trinajstić information content (AvgIpc) is 2.88. The summed E-state index contributed by atoms with van der Waals surface area (Å²) in [5, 5.41) is 9.66. The van der Waals surface area contributed by atoms with Gasteiger partial charge in [-0.05, 0) is 36.8 Å². The average molecular weight is 263 g/mol. The van der Waals surface area contributed by atoms with Crippen LogP contribution in [-0.4, -0.2) is 34.4 Å². The third-order valence-electron chi connectivity index (χ3n) is 4.02. The molecule has 1 heterocycles. The Morgan fingerprint density at radius 3 is 2.33 bits per heavy atom. The van der Waals surface area contributed by atoms with Gasteiger partial charge in [-0.3, -0.25) is 0 Å². The monoisotopic (exact) mass is 263 g/mol. The molecule has 0 radical (unpaired) electrons. The molecule has 1 aromatic rings. The largest absolute Gasteiger partial charge is 0.465 e. The molecule has 2 fully saturated rings. The SMILES string of the molecule is O=C(O)N1C[C@H]2CC(Sc3ccccc3)C[C@H]2C1. The highest BCUT2D eigenvalue weighted by atomic mass is 32.2. The number of thioether (sulfide) groups is 1. The number of nitrogens with zero attached hydrogens (tertiary/aromatic N) is 1. The van der Waals surface area contributed by atoms with Crippen molar-refractivity contribution in [2.24, 2.45) is 11.8 Å². The molecule has 1 saturated heterocycles. The molecule has 0 aromatic heterocycles. The lowest BCUT2D eigenvalue weighted by Gasteiger charge is -2.15. The number of carbonyl (C=O) groups is 1. The molecule has 4 heteroatoms. The van der Waals surface area contributed by atoms with Gasteiger partial charge in [-0.1, -0.05) is 18.2 Å². The van der Waals surface area contributed by atoms with Crippen molar-refractivity contribution in [3.8, 4) is 0 Å². The molecule has 0 bridgehead atoms. The molecular formula is C14H17NO2S. The van der Waals surface area contributed by atoms with E-state index >= 15 is 0 Å². The summed E-state index contributed by atoms with van der Waals surface area (Å²) in [5.74, 6) is 1.17. The Morgan fingerprint density at radius 1 is 1.17 bits per heavy atom. The lowest BCUT2D eigenvalue weighted by atomic mass is 10.0. The molecule has 3 rings (SSSR count). The minimum absolute atomic E-state index is 0.585. The van der Waals surface area contributed by atoms with Crippen LogP contribution in [0.3, 0.4) is 0 Å². The van der Waals surface area contributed by atoms with Crippen LogP contribution in [0.1, 0.15) is 12.8 Å². The number of rotatable bonds is 2. The molecule has 1 unspecified atom stereocenters. The maximum absolute atomic E-state index is 10.9. The van der Waals surface area contributed by atoms with Crippen LogP contribution in [-0.2, 0) is 0 Å². The van der Waals surface area contributed by atoms with Gasteiger partial charge in [0.15, 0.2) is 0 Å². The molecule has 96 valence electrons. The highest BCUT2D eigenvalue weighted by Gasteiger charge is 2.42. The minimum Gasteiger partial charge on any atom is -0.465 e. The maximum atomic E-state index is 10.9. The van der Waals surface area contributed by atoms with Crippen molar-refractivity contribution in [2.75, 3.05) is 13.1 Å². The minimum atomic E-state index is -0.753. The van der Waals surface area contributed by atoms with Crippen LogP contribution in [0.15, 0.2) is 35.2 Å². The lowest BCUT2D eigenvalue weighted by Crippen LogP contribution is -2.28. The van der Waals surface area contributed by atoms with Gasteiger partial charge in [-0.2, -0.15) is 0 Å². The van der Waals surface area contributed by atoms with E-state index in [4.69, 9.17) is 5.11 Å². The number of hydrogen-bond acceptors (Lipinski definition) is 2. The van der Waals surface area contributed by atoms with E-state index in [1.54, 1.807) is 4.90 Å². The fraction of sp³-hybridized carbons (Fsp3) is 0.500. The van der Waals surface area contributed by atoms with Crippen molar-refractivity contribution in [3.05, 3.63) is 30.3 Å². The first kappa shape index (κ1) is 11.9. The first-order chi connectivity index (χ1) is 8.72. The molecule has 2 aliphatic rings. The van der Waals surface area contributed by atoms with Crippen molar-refractivity contribution in [2.45, 2.75) is 23.0 Å². The summed E-state index contributed by atoms with van der Waals surface area (Å²) < 4.78 is 0. The van der Waals surface area contributed by atoms with Crippen molar-refractivity contribution in [1.82, 2.24) is 4.90 Å². The third kappa shape index (κ3) is 2.34. The summed E-state index contributed by atoms with van der Waals surface area (Å²) in [6.07, 6.45) is 1.57. The number of amides is 1. The van der Waals surface area contributed by atoms with Gasteiger partial charge in [0.25, 0.3) is 0 Å². The summed E-state index contributed by atoms with van der Waals surface area (Å²) in [4.78, 5) is 13.8. The Bertz CT molecular complexity index is 423. The molecule has 1 aliphatic heterocycles. The van der Waals surface area contributed by atoms with Crippen LogP contribution in [0.4, 0.5) is 4.79 Å². The highest BCUT2D eigenvalue weighted by molar-refractivity contribution is 8.00. The zero-order chi connectivity index (χ0) is 12.5. The molecule has 1 saturated carbocycles. The second-order valence-electron chi connectivity index (χ2n) is 5.23. The molecule has 1 aromatic carbocycles. The summed E-state index contributed by atoms with van der Waals surface area (Å²) in [7, 11) is 0. The van der Waals surface area contributed by atoms with E-state index in [0.29, 0.717) is 17.1 Å². The van der Waals surface area contributed by atoms with Crippen molar-refractivity contribution >= 4 is 17.9 Å². The number of fused-ring (bicyclic) bond motifs is 1. The fourth-order valence-corrected chi connectivity index (χ4v) is 4.57. The van der Waals surface area contributed by atoms with Crippen molar-refractivity contribution < 1.29 is 9.90 Å². The van der Waals surface area contributed by atoms with Crippen LogP contribution in [0.25, 0.3) is 0 Å². The summed E-state index contributed by atoms with van der Waals surface area (Å²) in [6, 6.07) is 10.5. The molecule has 0 spiro atoms. The zero-order valence-corrected chi connectivity index (χ0v) is 11.0. The predicted octanol–water partition coefficient (Wildman–Crippen LogP) is 3.17. The van der Waals surface area contributed by atoms with E-state index < -0.39 is 6.09 Å². The van der Waals surface area contributed by atoms with Gasteiger partial charge in [-0.25, -0.2) is 4.79 Å². The Hall–Kier alpha value is -1.16. The van der Waals surface area contributed by atoms with E-state index in [1.165, 1.54) is 4.90 Å². The van der Waals surface area contributed by atoms with Crippen LogP contribution in [0, 0.1) is 11.8 Å². The van der Waals surface area contributed by atoms with Gasteiger partial charge in [0.05, 0.1) is 0 Å². The topological polar surface area (TPSA) is 40.5 Å². The molecule has 1 amide bonds. The number of likely N-dealkylation sites (tertiary alicyclic amines) is 1. The molecule has 18 heavy (non-hydrogen) atoms. The van der Waals surface area contributed by atoms with Crippen LogP contribution in [0.2, 0.25) is 0 Å². The third-order valence-corrected chi connectivity index (χ3v) is 5.29. The van der Waals surface area contributed by atoms with Crippen LogP contribution in [0.5, 0.6) is 0 Å². The van der Waals surface area contributed by atoms with E-state index in [2.05, 4.69) is 24.3 Å². The Morgan fingerprint density at radius 2 is 1.78 bits per heavy atom. The number of benzene rings is 1. The van der Waals surface area contributed by atoms with Crippen LogP contribution < -0.4 is 0 Å². The number of carboxylic acid groups (broad SMARTS) is 1. The first-order valence-corrected chi connectivity index (χ1v) is 7.30. The predicted molar refractivity (Wildman–Crippen MR) is 71.9 cm³/mol. The Labute approximate surface area is 111 Å². The second-order valence-corrected chi connectivity index (χ2v) is 6.61. The lowest BCUT2D eigenvalue weighted by molar-refractivity contribution is 0.152. The quantitative estimate of drug-likeness (QED) is 0.891. The van der Waals surface area contributed by atoms with Gasteiger partial charge in [0.2, 0.25) is 0 Å². The molecular weight excluding hydrogens is 246 g/mol. The molecule has 3 atom stereocenters. The van der Waals surface area contributed by atoms with Gasteiger partial charge >= 0.3 is 6.09 Å². The van der Waals surface area contributed by atoms with Gasteiger partial charge in [-0.15, -0.1) is 11.8 Å². The van der Waals surface area contributed by atoms with Gasteiger partial charge in [0.1, 0.15) is 0 Å². The summed E-state index contributed by atoms with van der Waals surface area (Å²) in [5.41, 5.74) is 0. The van der Waals surface area contributed by atoms with Gasteiger partial charge in [0, 0.05) is 23.2 Å². The zero-order valence-electron chi connectivity index (χ0n) is 10.2. The van der Waals surface area contributed by atoms with E-state index in [9.17, 15) is 4.79 Å². The Balaban J connectivity index is 1.57. The number of hydrogen-bond donors (Lipinski definition) is 1. The van der Waals surface area contributed by atoms with E-state index in [-0.39, 0.29) is 0 Å². The Kier molecular flexibility index (Phi) is 3.20. The molecule has 1 N–H and O–H groups in total. The molecule has 3 nitrogen and oxygen atoms in total. The second kappa shape index (κ2) is 4.84. The highest BCUT2D eigenvalue weighted by Crippen LogP contribution is 2.44. The summed E-state index contributed by atoms with van der Waals surface area (Å²) in [6.45, 7) is 1.48. The standard InChI is InChI=1S/C14H17NO2S/c16-14(17)15-8-10-6-13(7-11(10)9-15)18-12-4-2-1-3-5-12/h1-5,10-11,13H,6-9H2,(H,16,17)/t10-,11+,13?. The summed E-state index contributed by atoms with van der Waals surface area (Å²) >= 11 is 1.95. The maximum Gasteiger partial charge on any atom is 0.407 e. The van der Waals surface area contributed by atoms with Crippen LogP contribution >= 0.6 is 11.8 Å². The smallest absolute Gasteiger partial charge is 0.407 e. The molecule has 1 aliphatic carbocycles. The van der Waals surface area contributed by atoms with Crippen molar-refractivity contribution in [3.63, 3.8) is 0 Å². The van der Waals surface area contributed by atoms with Crippen molar-refractivity contribution in [1.29, 1.82) is 0 Å².